The second-order valence-corrected chi connectivity index (χ2v) is 4.15. The fourth-order valence-electron chi connectivity index (χ4n) is 1.83. The number of nitrogens with zero attached hydrogens (tertiary/aromatic N) is 1. The van der Waals surface area contributed by atoms with Crippen molar-refractivity contribution in [3.63, 3.8) is 0 Å². The predicted octanol–water partition coefficient (Wildman–Crippen LogP) is 0.580. The van der Waals surface area contributed by atoms with Crippen LogP contribution in [0, 0.1) is 0 Å². The molecule has 1 aromatic carbocycles. The molecule has 2 aromatic rings. The van der Waals surface area contributed by atoms with Crippen molar-refractivity contribution in [2.45, 2.75) is 13.1 Å². The molecule has 0 radical (unpaired) electrons. The molecule has 0 unspecified atom stereocenters. The number of aromatic nitrogens is 1. The summed E-state index contributed by atoms with van der Waals surface area (Å²) in [7, 11) is 0. The molecule has 1 aromatic heterocycles. The molecule has 0 atom stereocenters. The lowest BCUT2D eigenvalue weighted by Crippen LogP contribution is -2.35. The summed E-state index contributed by atoms with van der Waals surface area (Å²) < 4.78 is 1.93. The molecule has 0 aliphatic carbocycles. The Morgan fingerprint density at radius 1 is 1.17 bits per heavy atom. The normalized spacial score (nSPS) is 10.3. The maximum absolute atomic E-state index is 11.1. The first-order chi connectivity index (χ1) is 8.69. The highest BCUT2D eigenvalue weighted by Crippen LogP contribution is 2.04. The van der Waals surface area contributed by atoms with Gasteiger partial charge in [0.15, 0.2) is 18.9 Å². The highest BCUT2D eigenvalue weighted by atomic mass is 16.1. The van der Waals surface area contributed by atoms with E-state index in [2.05, 4.69) is 6.07 Å². The number of nitrogens with two attached hydrogens (primary N) is 2. The number of carbonyl (C=O) groups excluding carboxylic acids is 1. The van der Waals surface area contributed by atoms with E-state index in [1.165, 1.54) is 0 Å². The molecule has 1 amide bonds. The van der Waals surface area contributed by atoms with Crippen molar-refractivity contribution in [3.8, 4) is 0 Å². The molecule has 0 aliphatic rings. The number of hydrogen-bond donors (Lipinski definition) is 2. The maximum Gasteiger partial charge on any atom is 0.254 e. The maximum atomic E-state index is 11.1. The zero-order valence-corrected chi connectivity index (χ0v) is 10.0. The van der Waals surface area contributed by atoms with E-state index in [9.17, 15) is 4.79 Å². The zero-order valence-electron chi connectivity index (χ0n) is 10.0. The fourth-order valence-corrected chi connectivity index (χ4v) is 1.83. The van der Waals surface area contributed by atoms with Crippen LogP contribution in [0.25, 0.3) is 0 Å². The SMILES string of the molecule is NCc1cccc(C[n+]2cccc(C(N)=O)c2)c1. The lowest BCUT2D eigenvalue weighted by molar-refractivity contribution is -0.688. The van der Waals surface area contributed by atoms with Gasteiger partial charge in [-0.1, -0.05) is 18.2 Å². The monoisotopic (exact) mass is 242 g/mol. The van der Waals surface area contributed by atoms with Crippen molar-refractivity contribution in [2.75, 3.05) is 0 Å². The molecular weight excluding hydrogens is 226 g/mol. The van der Waals surface area contributed by atoms with Crippen molar-refractivity contribution in [1.82, 2.24) is 0 Å². The van der Waals surface area contributed by atoms with E-state index >= 15 is 0 Å². The van der Waals surface area contributed by atoms with Crippen molar-refractivity contribution >= 4 is 5.91 Å². The molecule has 0 fully saturated rings. The van der Waals surface area contributed by atoms with E-state index in [0.29, 0.717) is 18.7 Å². The topological polar surface area (TPSA) is 73.0 Å². The predicted molar refractivity (Wildman–Crippen MR) is 68.6 cm³/mol. The van der Waals surface area contributed by atoms with Crippen molar-refractivity contribution < 1.29 is 9.36 Å². The Labute approximate surface area is 106 Å². The van der Waals surface area contributed by atoms with Crippen molar-refractivity contribution in [3.05, 3.63) is 65.5 Å². The summed E-state index contributed by atoms with van der Waals surface area (Å²) in [5.41, 5.74) is 13.6. The summed E-state index contributed by atoms with van der Waals surface area (Å²) in [6, 6.07) is 11.6. The van der Waals surface area contributed by atoms with Gasteiger partial charge in [0.1, 0.15) is 5.56 Å². The van der Waals surface area contributed by atoms with Crippen LogP contribution in [0.3, 0.4) is 0 Å². The zero-order chi connectivity index (χ0) is 13.0. The second-order valence-electron chi connectivity index (χ2n) is 4.15. The average Bonchev–Trinajstić information content (AvgIpc) is 2.39. The third-order valence-corrected chi connectivity index (χ3v) is 2.73. The molecule has 18 heavy (non-hydrogen) atoms. The minimum atomic E-state index is -0.417. The number of amides is 1. The quantitative estimate of drug-likeness (QED) is 0.770. The molecule has 0 bridgehead atoms. The van der Waals surface area contributed by atoms with Gasteiger partial charge in [0, 0.05) is 18.2 Å². The molecule has 1 heterocycles. The molecule has 0 spiro atoms. The molecule has 4 nitrogen and oxygen atoms in total. The summed E-state index contributed by atoms with van der Waals surface area (Å²) in [5.74, 6) is -0.417. The Morgan fingerprint density at radius 3 is 2.67 bits per heavy atom. The van der Waals surface area contributed by atoms with Gasteiger partial charge in [-0.15, -0.1) is 0 Å². The van der Waals surface area contributed by atoms with Crippen LogP contribution in [-0.4, -0.2) is 5.91 Å². The van der Waals surface area contributed by atoms with Crippen LogP contribution >= 0.6 is 0 Å². The molecule has 0 aliphatic heterocycles. The summed E-state index contributed by atoms with van der Waals surface area (Å²) >= 11 is 0. The van der Waals surface area contributed by atoms with E-state index in [1.54, 1.807) is 12.3 Å². The first-order valence-electron chi connectivity index (χ1n) is 5.76. The average molecular weight is 242 g/mol. The molecule has 92 valence electrons. The number of hydrogen-bond acceptors (Lipinski definition) is 2. The minimum Gasteiger partial charge on any atom is -0.365 e. The van der Waals surface area contributed by atoms with E-state index in [0.717, 1.165) is 11.1 Å². The van der Waals surface area contributed by atoms with Crippen molar-refractivity contribution in [2.24, 2.45) is 11.5 Å². The van der Waals surface area contributed by atoms with Gasteiger partial charge in [0.2, 0.25) is 0 Å². The van der Waals surface area contributed by atoms with Crippen molar-refractivity contribution in [1.29, 1.82) is 0 Å². The van der Waals surface area contributed by atoms with Gasteiger partial charge in [0.05, 0.1) is 0 Å². The largest absolute Gasteiger partial charge is 0.365 e. The summed E-state index contributed by atoms with van der Waals surface area (Å²) in [6.45, 7) is 1.22. The first-order valence-corrected chi connectivity index (χ1v) is 5.76. The van der Waals surface area contributed by atoms with Gasteiger partial charge in [-0.3, -0.25) is 4.79 Å². The number of primary amides is 1. The van der Waals surface area contributed by atoms with E-state index in [4.69, 9.17) is 11.5 Å². The highest BCUT2D eigenvalue weighted by molar-refractivity contribution is 5.92. The Bertz CT molecular complexity index is 566. The van der Waals surface area contributed by atoms with Crippen LogP contribution in [0.15, 0.2) is 48.8 Å². The van der Waals surface area contributed by atoms with Crippen LogP contribution in [0.1, 0.15) is 21.5 Å². The van der Waals surface area contributed by atoms with Gasteiger partial charge in [0.25, 0.3) is 5.91 Å². The number of benzene rings is 1. The highest BCUT2D eigenvalue weighted by Gasteiger charge is 2.08. The van der Waals surface area contributed by atoms with Gasteiger partial charge in [-0.25, -0.2) is 0 Å². The molecular formula is C14H16N3O+. The smallest absolute Gasteiger partial charge is 0.254 e. The van der Waals surface area contributed by atoms with E-state index in [-0.39, 0.29) is 0 Å². The number of rotatable bonds is 4. The fraction of sp³-hybridized carbons (Fsp3) is 0.143. The molecule has 4 N–H and O–H groups in total. The third-order valence-electron chi connectivity index (χ3n) is 2.73. The van der Waals surface area contributed by atoms with Gasteiger partial charge < -0.3 is 11.5 Å². The summed E-state index contributed by atoms with van der Waals surface area (Å²) in [6.07, 6.45) is 3.65. The van der Waals surface area contributed by atoms with E-state index in [1.807, 2.05) is 35.0 Å². The molecule has 4 heteroatoms. The third kappa shape index (κ3) is 2.93. The van der Waals surface area contributed by atoms with Crippen LogP contribution in [0.5, 0.6) is 0 Å². The Balaban J connectivity index is 2.22. The lowest BCUT2D eigenvalue weighted by atomic mass is 10.1. The van der Waals surface area contributed by atoms with Crippen LogP contribution < -0.4 is 16.0 Å². The summed E-state index contributed by atoms with van der Waals surface area (Å²) in [4.78, 5) is 11.1. The molecule has 0 saturated heterocycles. The van der Waals surface area contributed by atoms with Crippen LogP contribution in [0.2, 0.25) is 0 Å². The van der Waals surface area contributed by atoms with Gasteiger partial charge >= 0.3 is 0 Å². The van der Waals surface area contributed by atoms with E-state index < -0.39 is 5.91 Å². The lowest BCUT2D eigenvalue weighted by Gasteiger charge is -2.01. The molecule has 0 saturated carbocycles. The standard InChI is InChI=1S/C14H15N3O/c15-8-11-3-1-4-12(7-11)9-17-6-2-5-13(10-17)14(16)18/h1-7,10H,8-9,15H2,(H-,16,18)/p+1. The minimum absolute atomic E-state index is 0.417. The second kappa shape index (κ2) is 5.42. The Morgan fingerprint density at radius 2 is 1.94 bits per heavy atom. The summed E-state index contributed by atoms with van der Waals surface area (Å²) in [5, 5.41) is 0. The Hall–Kier alpha value is -2.20. The number of carbonyl (C=O) groups is 1. The van der Waals surface area contributed by atoms with Gasteiger partial charge in [-0.05, 0) is 17.7 Å². The van der Waals surface area contributed by atoms with Crippen LogP contribution in [-0.2, 0) is 13.1 Å². The Kier molecular flexibility index (Phi) is 3.69. The van der Waals surface area contributed by atoms with Crippen LogP contribution in [0.4, 0.5) is 0 Å². The van der Waals surface area contributed by atoms with Gasteiger partial charge in [-0.2, -0.15) is 4.57 Å². The number of pyridine rings is 1. The molecule has 2 rings (SSSR count). The first kappa shape index (κ1) is 12.3.